The topological polar surface area (TPSA) is 50.4 Å². The minimum atomic E-state index is -0.254. The highest BCUT2D eigenvalue weighted by molar-refractivity contribution is 7.09. The van der Waals surface area contributed by atoms with Gasteiger partial charge in [-0.3, -0.25) is 4.79 Å². The summed E-state index contributed by atoms with van der Waals surface area (Å²) in [5.74, 6) is 0.0437. The van der Waals surface area contributed by atoms with E-state index in [9.17, 15) is 4.79 Å². The first-order chi connectivity index (χ1) is 9.77. The molecule has 1 spiro atoms. The second-order valence-electron chi connectivity index (χ2n) is 5.89. The van der Waals surface area contributed by atoms with E-state index in [1.165, 1.54) is 17.7 Å². The van der Waals surface area contributed by atoms with Crippen LogP contribution in [0, 0.1) is 5.41 Å². The van der Waals surface area contributed by atoms with Crippen molar-refractivity contribution in [2.45, 2.75) is 38.3 Å². The first-order valence-corrected chi connectivity index (χ1v) is 8.28. The predicted octanol–water partition coefficient (Wildman–Crippen LogP) is 1.91. The van der Waals surface area contributed by atoms with Crippen LogP contribution in [0.2, 0.25) is 0 Å². The lowest BCUT2D eigenvalue weighted by Gasteiger charge is -2.42. The summed E-state index contributed by atoms with van der Waals surface area (Å²) in [7, 11) is 0. The highest BCUT2D eigenvalue weighted by Crippen LogP contribution is 2.38. The van der Waals surface area contributed by atoms with Crippen LogP contribution in [-0.4, -0.2) is 31.7 Å². The maximum Gasteiger partial charge on any atom is 0.249 e. The summed E-state index contributed by atoms with van der Waals surface area (Å²) in [5.41, 5.74) is 0.329. The average molecular weight is 294 g/mol. The van der Waals surface area contributed by atoms with Gasteiger partial charge in [0.05, 0.1) is 13.2 Å². The molecule has 2 aliphatic heterocycles. The maximum atomic E-state index is 12.1. The van der Waals surface area contributed by atoms with Crippen LogP contribution in [0.1, 0.15) is 30.6 Å². The summed E-state index contributed by atoms with van der Waals surface area (Å²) in [6, 6.07) is 4.04. The van der Waals surface area contributed by atoms with Crippen LogP contribution >= 0.6 is 11.3 Å². The quantitative estimate of drug-likeness (QED) is 0.895. The molecule has 2 saturated heterocycles. The van der Waals surface area contributed by atoms with E-state index >= 15 is 0 Å². The van der Waals surface area contributed by atoms with Crippen molar-refractivity contribution in [3.63, 3.8) is 0 Å². The molecule has 5 heteroatoms. The Morgan fingerprint density at radius 2 is 2.30 bits per heavy atom. The van der Waals surface area contributed by atoms with Gasteiger partial charge in [-0.1, -0.05) is 6.07 Å². The van der Waals surface area contributed by atoms with E-state index in [4.69, 9.17) is 4.74 Å². The molecule has 3 heterocycles. The highest BCUT2D eigenvalue weighted by Gasteiger charge is 2.38. The fourth-order valence-electron chi connectivity index (χ4n) is 3.13. The van der Waals surface area contributed by atoms with Crippen molar-refractivity contribution < 1.29 is 9.53 Å². The molecule has 20 heavy (non-hydrogen) atoms. The Hall–Kier alpha value is -0.910. The van der Waals surface area contributed by atoms with Gasteiger partial charge >= 0.3 is 0 Å². The molecule has 2 fully saturated rings. The Morgan fingerprint density at radius 1 is 1.45 bits per heavy atom. The first-order valence-electron chi connectivity index (χ1n) is 7.40. The molecule has 0 aromatic carbocycles. The number of carbonyl (C=O) groups is 1. The van der Waals surface area contributed by atoms with Crippen molar-refractivity contribution in [1.29, 1.82) is 0 Å². The second kappa shape index (κ2) is 6.24. The molecule has 3 rings (SSSR count). The Bertz CT molecular complexity index is 431. The fourth-order valence-corrected chi connectivity index (χ4v) is 3.77. The third kappa shape index (κ3) is 3.22. The smallest absolute Gasteiger partial charge is 0.249 e. The SMILES string of the molecule is O=C(NCc1cccs1)[C@H]1CCC2(CCNCC2)CO1. The van der Waals surface area contributed by atoms with E-state index in [2.05, 4.69) is 10.6 Å². The highest BCUT2D eigenvalue weighted by atomic mass is 32.1. The lowest BCUT2D eigenvalue weighted by molar-refractivity contribution is -0.143. The number of hydrogen-bond donors (Lipinski definition) is 2. The zero-order chi connectivity index (χ0) is 13.8. The van der Waals surface area contributed by atoms with Gasteiger partial charge < -0.3 is 15.4 Å². The van der Waals surface area contributed by atoms with Gasteiger partial charge in [-0.05, 0) is 55.6 Å². The Balaban J connectivity index is 1.46. The van der Waals surface area contributed by atoms with Crippen molar-refractivity contribution in [3.8, 4) is 0 Å². The van der Waals surface area contributed by atoms with Crippen molar-refractivity contribution in [2.24, 2.45) is 5.41 Å². The van der Waals surface area contributed by atoms with Gasteiger partial charge in [-0.15, -0.1) is 11.3 Å². The Labute approximate surface area is 123 Å². The largest absolute Gasteiger partial charge is 0.368 e. The number of hydrogen-bond acceptors (Lipinski definition) is 4. The van der Waals surface area contributed by atoms with E-state index in [0.29, 0.717) is 12.0 Å². The summed E-state index contributed by atoms with van der Waals surface area (Å²) in [6.45, 7) is 3.52. The molecule has 0 saturated carbocycles. The maximum absolute atomic E-state index is 12.1. The second-order valence-corrected chi connectivity index (χ2v) is 6.92. The Kier molecular flexibility index (Phi) is 4.38. The number of rotatable bonds is 3. The number of thiophene rings is 1. The lowest BCUT2D eigenvalue weighted by atomic mass is 9.74. The first kappa shape index (κ1) is 14.0. The monoisotopic (exact) mass is 294 g/mol. The summed E-state index contributed by atoms with van der Waals surface area (Å²) in [6.07, 6.45) is 4.07. The van der Waals surface area contributed by atoms with E-state index in [1.54, 1.807) is 11.3 Å². The molecule has 0 aliphatic carbocycles. The normalized spacial score (nSPS) is 25.5. The van der Waals surface area contributed by atoms with Gasteiger partial charge in [0.1, 0.15) is 6.10 Å². The summed E-state index contributed by atoms with van der Waals surface area (Å²) in [5, 5.41) is 8.40. The molecule has 1 atom stereocenters. The molecule has 1 aromatic rings. The number of carbonyl (C=O) groups excluding carboxylic acids is 1. The van der Waals surface area contributed by atoms with Gasteiger partial charge in [-0.25, -0.2) is 0 Å². The zero-order valence-corrected chi connectivity index (χ0v) is 12.5. The molecular formula is C15H22N2O2S. The molecule has 1 aromatic heterocycles. The summed E-state index contributed by atoms with van der Waals surface area (Å²) in [4.78, 5) is 13.3. The van der Waals surface area contributed by atoms with Crippen molar-refractivity contribution in [3.05, 3.63) is 22.4 Å². The standard InChI is InChI=1S/C15H22N2O2S/c18-14(17-10-12-2-1-9-20-12)13-3-4-15(11-19-13)5-7-16-8-6-15/h1-2,9,13,16H,3-8,10-11H2,(H,17,18)/t13-/m1/s1. The minimum Gasteiger partial charge on any atom is -0.368 e. The average Bonchev–Trinajstić information content (AvgIpc) is 3.00. The summed E-state index contributed by atoms with van der Waals surface area (Å²) < 4.78 is 5.87. The van der Waals surface area contributed by atoms with Crippen molar-refractivity contribution in [2.75, 3.05) is 19.7 Å². The molecule has 110 valence electrons. The van der Waals surface area contributed by atoms with Gasteiger partial charge in [-0.2, -0.15) is 0 Å². The van der Waals surface area contributed by atoms with Crippen molar-refractivity contribution in [1.82, 2.24) is 10.6 Å². The number of nitrogens with one attached hydrogen (secondary N) is 2. The lowest BCUT2D eigenvalue weighted by Crippen LogP contribution is -2.47. The van der Waals surface area contributed by atoms with E-state index in [1.807, 2.05) is 17.5 Å². The molecule has 4 nitrogen and oxygen atoms in total. The fraction of sp³-hybridized carbons (Fsp3) is 0.667. The zero-order valence-electron chi connectivity index (χ0n) is 11.7. The molecule has 2 N–H and O–H groups in total. The number of amides is 1. The van der Waals surface area contributed by atoms with Crippen LogP contribution in [0.25, 0.3) is 0 Å². The van der Waals surface area contributed by atoms with Crippen LogP contribution in [0.5, 0.6) is 0 Å². The van der Waals surface area contributed by atoms with E-state index in [-0.39, 0.29) is 12.0 Å². The van der Waals surface area contributed by atoms with Crippen molar-refractivity contribution >= 4 is 17.2 Å². The van der Waals surface area contributed by atoms with Crippen LogP contribution in [0.3, 0.4) is 0 Å². The third-order valence-corrected chi connectivity index (χ3v) is 5.38. The number of piperidine rings is 1. The van der Waals surface area contributed by atoms with Crippen LogP contribution in [-0.2, 0) is 16.1 Å². The minimum absolute atomic E-state index is 0.0437. The van der Waals surface area contributed by atoms with E-state index in [0.717, 1.165) is 32.5 Å². The third-order valence-electron chi connectivity index (χ3n) is 4.50. The Morgan fingerprint density at radius 3 is 2.95 bits per heavy atom. The molecule has 1 amide bonds. The predicted molar refractivity (Wildman–Crippen MR) is 79.7 cm³/mol. The van der Waals surface area contributed by atoms with Crippen LogP contribution < -0.4 is 10.6 Å². The van der Waals surface area contributed by atoms with Gasteiger partial charge in [0, 0.05) is 4.88 Å². The molecule has 2 aliphatic rings. The number of ether oxygens (including phenoxy) is 1. The van der Waals surface area contributed by atoms with Gasteiger partial charge in [0.2, 0.25) is 5.91 Å². The van der Waals surface area contributed by atoms with Gasteiger partial charge in [0.15, 0.2) is 0 Å². The van der Waals surface area contributed by atoms with Gasteiger partial charge in [0.25, 0.3) is 0 Å². The van der Waals surface area contributed by atoms with Crippen LogP contribution in [0.4, 0.5) is 0 Å². The summed E-state index contributed by atoms with van der Waals surface area (Å²) >= 11 is 1.67. The van der Waals surface area contributed by atoms with E-state index < -0.39 is 0 Å². The molecular weight excluding hydrogens is 272 g/mol. The van der Waals surface area contributed by atoms with Crippen LogP contribution in [0.15, 0.2) is 17.5 Å². The molecule has 0 bridgehead atoms. The molecule has 0 unspecified atom stereocenters. The molecule has 0 radical (unpaired) electrons.